The third kappa shape index (κ3) is 1.71. The number of para-hydroxylation sites is 1. The smallest absolute Gasteiger partial charge is 0.135 e. The summed E-state index contributed by atoms with van der Waals surface area (Å²) in [5.74, 6) is 0.931. The Morgan fingerprint density at radius 3 is 2.00 bits per heavy atom. The van der Waals surface area contributed by atoms with Crippen LogP contribution in [0.5, 0.6) is 0 Å². The molecule has 0 unspecified atom stereocenters. The maximum absolute atomic E-state index is 5.91. The van der Waals surface area contributed by atoms with Crippen LogP contribution < -0.4 is 0 Å². The molecule has 2 aliphatic rings. The standard InChI is InChI=1S/C18H12O/c1-2-6-13-10-16(11-14(13)7-3-1)18-12-15-8-4-5-9-17(15)19-18/h1-12H. The summed E-state index contributed by atoms with van der Waals surface area (Å²) in [5.41, 5.74) is 4.55. The van der Waals surface area contributed by atoms with Crippen molar-refractivity contribution in [2.24, 2.45) is 0 Å². The maximum Gasteiger partial charge on any atom is 0.135 e. The molecule has 0 atom stereocenters. The van der Waals surface area contributed by atoms with Gasteiger partial charge in [-0.25, -0.2) is 0 Å². The van der Waals surface area contributed by atoms with Crippen molar-refractivity contribution in [2.45, 2.75) is 0 Å². The van der Waals surface area contributed by atoms with E-state index in [-0.39, 0.29) is 0 Å². The number of furan rings is 1. The van der Waals surface area contributed by atoms with Gasteiger partial charge in [0.2, 0.25) is 0 Å². The molecule has 1 heterocycles. The zero-order valence-electron chi connectivity index (χ0n) is 10.3. The van der Waals surface area contributed by atoms with Crippen molar-refractivity contribution in [3.8, 4) is 22.5 Å². The highest BCUT2D eigenvalue weighted by molar-refractivity contribution is 5.85. The van der Waals surface area contributed by atoms with Gasteiger partial charge in [-0.2, -0.15) is 0 Å². The topological polar surface area (TPSA) is 13.1 Å². The molecule has 19 heavy (non-hydrogen) atoms. The third-order valence-electron chi connectivity index (χ3n) is 3.44. The summed E-state index contributed by atoms with van der Waals surface area (Å²) < 4.78 is 5.91. The van der Waals surface area contributed by atoms with Crippen molar-refractivity contribution in [1.29, 1.82) is 0 Å². The summed E-state index contributed by atoms with van der Waals surface area (Å²) in [6.07, 6.45) is 0. The fraction of sp³-hybridized carbons (Fsp3) is 0. The predicted octanol–water partition coefficient (Wildman–Crippen LogP) is 5.20. The largest absolute Gasteiger partial charge is 0.456 e. The number of hydrogen-bond acceptors (Lipinski definition) is 1. The van der Waals surface area contributed by atoms with E-state index in [2.05, 4.69) is 48.5 Å². The lowest BCUT2D eigenvalue weighted by Gasteiger charge is -1.88. The van der Waals surface area contributed by atoms with E-state index in [0.29, 0.717) is 0 Å². The molecular weight excluding hydrogens is 232 g/mol. The number of hydrogen-bond donors (Lipinski definition) is 0. The van der Waals surface area contributed by atoms with E-state index in [9.17, 15) is 0 Å². The molecule has 0 fully saturated rings. The first kappa shape index (κ1) is 10.4. The minimum Gasteiger partial charge on any atom is -0.456 e. The average Bonchev–Trinajstić information content (AvgIpc) is 2.97. The van der Waals surface area contributed by atoms with Crippen LogP contribution in [0.1, 0.15) is 0 Å². The zero-order valence-corrected chi connectivity index (χ0v) is 10.3. The summed E-state index contributed by atoms with van der Waals surface area (Å²) in [7, 11) is 0. The van der Waals surface area contributed by atoms with E-state index in [1.165, 1.54) is 11.1 Å². The van der Waals surface area contributed by atoms with E-state index in [0.717, 1.165) is 22.3 Å². The molecule has 2 aliphatic carbocycles. The molecule has 0 N–H and O–H groups in total. The molecular formula is C18H12O. The summed E-state index contributed by atoms with van der Waals surface area (Å²) >= 11 is 0. The van der Waals surface area contributed by atoms with Crippen LogP contribution in [0.25, 0.3) is 33.4 Å². The Bertz CT molecular complexity index is 762. The molecule has 0 spiro atoms. The summed E-state index contributed by atoms with van der Waals surface area (Å²) in [6, 6.07) is 25.0. The quantitative estimate of drug-likeness (QED) is 0.448. The van der Waals surface area contributed by atoms with Crippen LogP contribution in [-0.4, -0.2) is 0 Å². The Morgan fingerprint density at radius 1 is 0.579 bits per heavy atom. The lowest BCUT2D eigenvalue weighted by Crippen LogP contribution is -1.62. The van der Waals surface area contributed by atoms with Gasteiger partial charge in [0.1, 0.15) is 11.3 Å². The van der Waals surface area contributed by atoms with Crippen LogP contribution in [0.3, 0.4) is 0 Å². The van der Waals surface area contributed by atoms with Gasteiger partial charge in [0, 0.05) is 10.9 Å². The Kier molecular flexibility index (Phi) is 2.18. The lowest BCUT2D eigenvalue weighted by atomic mass is 10.2. The molecule has 90 valence electrons. The summed E-state index contributed by atoms with van der Waals surface area (Å²) in [5, 5.41) is 1.15. The van der Waals surface area contributed by atoms with Gasteiger partial charge < -0.3 is 4.42 Å². The van der Waals surface area contributed by atoms with Crippen molar-refractivity contribution in [1.82, 2.24) is 0 Å². The predicted molar refractivity (Wildman–Crippen MR) is 78.3 cm³/mol. The molecule has 0 bridgehead atoms. The van der Waals surface area contributed by atoms with Crippen LogP contribution >= 0.6 is 0 Å². The minimum atomic E-state index is 0.931. The summed E-state index contributed by atoms with van der Waals surface area (Å²) in [6.45, 7) is 0. The molecule has 0 amide bonds. The van der Waals surface area contributed by atoms with E-state index in [1.54, 1.807) is 0 Å². The van der Waals surface area contributed by atoms with Crippen LogP contribution in [0.15, 0.2) is 77.2 Å². The minimum absolute atomic E-state index is 0.931. The van der Waals surface area contributed by atoms with Crippen molar-refractivity contribution in [2.75, 3.05) is 0 Å². The average molecular weight is 244 g/mol. The van der Waals surface area contributed by atoms with Gasteiger partial charge in [-0.3, -0.25) is 0 Å². The van der Waals surface area contributed by atoms with Gasteiger partial charge in [0.05, 0.1) is 0 Å². The molecule has 1 aromatic carbocycles. The highest BCUT2D eigenvalue weighted by Crippen LogP contribution is 2.34. The molecule has 0 radical (unpaired) electrons. The molecule has 1 heteroatoms. The monoisotopic (exact) mass is 244 g/mol. The van der Waals surface area contributed by atoms with Crippen molar-refractivity contribution in [3.63, 3.8) is 0 Å². The van der Waals surface area contributed by atoms with Gasteiger partial charge in [0.15, 0.2) is 0 Å². The normalized spacial score (nSPS) is 11.2. The second-order valence-corrected chi connectivity index (χ2v) is 4.71. The molecule has 2 aromatic rings. The van der Waals surface area contributed by atoms with Gasteiger partial charge in [-0.05, 0) is 35.4 Å². The molecule has 0 saturated carbocycles. The highest BCUT2D eigenvalue weighted by Gasteiger charge is 2.10. The SMILES string of the molecule is c1ccc2cc(-c3cc4ccccc4o3)cc-2cc1. The molecule has 1 aromatic heterocycles. The van der Waals surface area contributed by atoms with Gasteiger partial charge in [-0.1, -0.05) is 48.5 Å². The summed E-state index contributed by atoms with van der Waals surface area (Å²) in [4.78, 5) is 0. The van der Waals surface area contributed by atoms with Gasteiger partial charge >= 0.3 is 0 Å². The molecule has 0 saturated heterocycles. The van der Waals surface area contributed by atoms with Crippen LogP contribution in [-0.2, 0) is 0 Å². The third-order valence-corrected chi connectivity index (χ3v) is 3.44. The van der Waals surface area contributed by atoms with Gasteiger partial charge in [0.25, 0.3) is 0 Å². The second kappa shape index (κ2) is 3.99. The second-order valence-electron chi connectivity index (χ2n) is 4.71. The van der Waals surface area contributed by atoms with Gasteiger partial charge in [-0.15, -0.1) is 0 Å². The molecule has 1 nitrogen and oxygen atoms in total. The van der Waals surface area contributed by atoms with Crippen molar-refractivity contribution in [3.05, 3.63) is 72.8 Å². The molecule has 4 rings (SSSR count). The first-order valence-electron chi connectivity index (χ1n) is 6.38. The first-order chi connectivity index (χ1) is 9.40. The fourth-order valence-electron chi connectivity index (χ4n) is 2.48. The van der Waals surface area contributed by atoms with Crippen LogP contribution in [0.2, 0.25) is 0 Å². The molecule has 0 aliphatic heterocycles. The first-order valence-corrected chi connectivity index (χ1v) is 6.38. The Balaban J connectivity index is 1.92. The van der Waals surface area contributed by atoms with E-state index in [1.807, 2.05) is 24.3 Å². The number of benzene rings is 1. The van der Waals surface area contributed by atoms with E-state index in [4.69, 9.17) is 4.42 Å². The van der Waals surface area contributed by atoms with Crippen molar-refractivity contribution >= 4 is 11.0 Å². The lowest BCUT2D eigenvalue weighted by molar-refractivity contribution is 0.632. The Labute approximate surface area is 111 Å². The number of fused-ring (bicyclic) bond motifs is 2. The van der Waals surface area contributed by atoms with Crippen molar-refractivity contribution < 1.29 is 4.42 Å². The Morgan fingerprint density at radius 2 is 1.26 bits per heavy atom. The Hall–Kier alpha value is -2.54. The zero-order chi connectivity index (χ0) is 12.7. The fourth-order valence-corrected chi connectivity index (χ4v) is 2.48. The van der Waals surface area contributed by atoms with Crippen LogP contribution in [0.4, 0.5) is 0 Å². The van der Waals surface area contributed by atoms with E-state index >= 15 is 0 Å². The van der Waals surface area contributed by atoms with Crippen LogP contribution in [0, 0.1) is 0 Å². The highest BCUT2D eigenvalue weighted by atomic mass is 16.3. The number of rotatable bonds is 1. The van der Waals surface area contributed by atoms with E-state index < -0.39 is 0 Å². The maximum atomic E-state index is 5.91.